The Labute approximate surface area is 177 Å². The number of nitrogen functional groups attached to an aromatic ring is 1. The van der Waals surface area contributed by atoms with E-state index in [1.165, 1.54) is 6.07 Å². The second-order valence-electron chi connectivity index (χ2n) is 5.23. The van der Waals surface area contributed by atoms with Crippen molar-refractivity contribution < 1.29 is 13.0 Å². The van der Waals surface area contributed by atoms with E-state index < -0.39 is 10.1 Å². The van der Waals surface area contributed by atoms with Crippen LogP contribution in [0.25, 0.3) is 10.8 Å². The zero-order valence-electron chi connectivity index (χ0n) is 13.2. The van der Waals surface area contributed by atoms with E-state index in [0.29, 0.717) is 22.1 Å². The van der Waals surface area contributed by atoms with Gasteiger partial charge in [0.15, 0.2) is 0 Å². The third-order valence-electron chi connectivity index (χ3n) is 3.65. The number of fused-ring (bicyclic) bond motifs is 1. The van der Waals surface area contributed by atoms with Crippen molar-refractivity contribution in [3.05, 3.63) is 54.6 Å². The average Bonchev–Trinajstić information content (AvgIpc) is 2.61. The minimum atomic E-state index is -4.42. The van der Waals surface area contributed by atoms with Crippen LogP contribution in [0.3, 0.4) is 0 Å². The van der Waals surface area contributed by atoms with Crippen molar-refractivity contribution >= 4 is 79.3 Å². The van der Waals surface area contributed by atoms with Crippen LogP contribution < -0.4 is 5.73 Å². The van der Waals surface area contributed by atoms with Gasteiger partial charge in [-0.15, -0.1) is 16.9 Å². The topological polar surface area (TPSA) is 105 Å². The standard InChI is InChI=1S/C17H15N3O3S2.Na.H/c1-24-12-8-6-11(7-9-12)19-20-15-10-16(25(21,22)23)13-4-2-3-5-14(13)17(15)18;;/h2-10H,18H2,1H3,(H,21,22,23);;. The van der Waals surface area contributed by atoms with Crippen molar-refractivity contribution in [2.24, 2.45) is 10.2 Å². The molecule has 0 unspecified atom stereocenters. The zero-order chi connectivity index (χ0) is 18.0. The summed E-state index contributed by atoms with van der Waals surface area (Å²) >= 11 is 1.61. The summed E-state index contributed by atoms with van der Waals surface area (Å²) in [6.07, 6.45) is 1.98. The summed E-state index contributed by atoms with van der Waals surface area (Å²) in [5.41, 5.74) is 7.20. The van der Waals surface area contributed by atoms with Gasteiger partial charge in [0.1, 0.15) is 10.6 Å². The van der Waals surface area contributed by atoms with E-state index in [9.17, 15) is 13.0 Å². The molecule has 3 rings (SSSR count). The SMILES string of the molecule is CSc1ccc(N=Nc2cc(S(=O)(=O)O)c3ccccc3c2N)cc1.[NaH]. The van der Waals surface area contributed by atoms with E-state index >= 15 is 0 Å². The van der Waals surface area contributed by atoms with Crippen molar-refractivity contribution in [1.29, 1.82) is 0 Å². The van der Waals surface area contributed by atoms with Crippen molar-refractivity contribution in [2.45, 2.75) is 9.79 Å². The van der Waals surface area contributed by atoms with Crippen LogP contribution in [0.15, 0.2) is 74.6 Å². The Morgan fingerprint density at radius 3 is 2.19 bits per heavy atom. The number of thioether (sulfide) groups is 1. The first-order valence-corrected chi connectivity index (χ1v) is 9.91. The quantitative estimate of drug-likeness (QED) is 0.226. The van der Waals surface area contributed by atoms with Crippen LogP contribution in [-0.4, -0.2) is 48.8 Å². The molecule has 3 aromatic rings. The van der Waals surface area contributed by atoms with Gasteiger partial charge in [-0.2, -0.15) is 13.5 Å². The molecular weight excluding hydrogens is 381 g/mol. The van der Waals surface area contributed by atoms with Gasteiger partial charge >= 0.3 is 29.6 Å². The summed E-state index contributed by atoms with van der Waals surface area (Å²) < 4.78 is 32.9. The van der Waals surface area contributed by atoms with Crippen LogP contribution >= 0.6 is 11.8 Å². The molecule has 3 N–H and O–H groups in total. The molecule has 0 aliphatic carbocycles. The molecule has 0 heterocycles. The van der Waals surface area contributed by atoms with Gasteiger partial charge in [0, 0.05) is 15.7 Å². The predicted octanol–water partition coefficient (Wildman–Crippen LogP) is 4.16. The normalized spacial score (nSPS) is 11.6. The molecule has 6 nitrogen and oxygen atoms in total. The van der Waals surface area contributed by atoms with E-state index in [0.717, 1.165) is 4.90 Å². The molecule has 0 fully saturated rings. The minimum absolute atomic E-state index is 0. The number of azo groups is 1. The fraction of sp³-hybridized carbons (Fsp3) is 0.0588. The van der Waals surface area contributed by atoms with Crippen molar-refractivity contribution in [3.63, 3.8) is 0 Å². The predicted molar refractivity (Wildman–Crippen MR) is 108 cm³/mol. The summed E-state index contributed by atoms with van der Waals surface area (Å²) in [5.74, 6) is 0. The number of benzene rings is 3. The molecule has 130 valence electrons. The van der Waals surface area contributed by atoms with Gasteiger partial charge < -0.3 is 5.73 Å². The molecular formula is C17H16N3NaO3S2. The van der Waals surface area contributed by atoms with E-state index in [1.807, 2.05) is 18.4 Å². The van der Waals surface area contributed by atoms with E-state index in [-0.39, 0.29) is 40.1 Å². The second kappa shape index (κ2) is 8.51. The van der Waals surface area contributed by atoms with E-state index in [2.05, 4.69) is 10.2 Å². The molecule has 0 amide bonds. The Morgan fingerprint density at radius 1 is 1.00 bits per heavy atom. The molecule has 0 atom stereocenters. The summed E-state index contributed by atoms with van der Waals surface area (Å²) in [4.78, 5) is 0.849. The maximum atomic E-state index is 11.7. The molecule has 3 aromatic carbocycles. The molecule has 0 radical (unpaired) electrons. The van der Waals surface area contributed by atoms with Gasteiger partial charge in [0.2, 0.25) is 0 Å². The summed E-state index contributed by atoms with van der Waals surface area (Å²) in [6, 6.07) is 15.3. The number of rotatable bonds is 4. The van der Waals surface area contributed by atoms with Crippen LogP contribution in [0, 0.1) is 0 Å². The molecule has 0 spiro atoms. The third kappa shape index (κ3) is 4.46. The monoisotopic (exact) mass is 397 g/mol. The van der Waals surface area contributed by atoms with Crippen LogP contribution in [0.5, 0.6) is 0 Å². The summed E-state index contributed by atoms with van der Waals surface area (Å²) in [6.45, 7) is 0. The number of anilines is 1. The van der Waals surface area contributed by atoms with E-state index in [4.69, 9.17) is 5.73 Å². The van der Waals surface area contributed by atoms with Crippen molar-refractivity contribution in [3.8, 4) is 0 Å². The summed E-state index contributed by atoms with van der Waals surface area (Å²) in [7, 11) is -4.42. The van der Waals surface area contributed by atoms with Crippen LogP contribution in [0.1, 0.15) is 0 Å². The van der Waals surface area contributed by atoms with Crippen molar-refractivity contribution in [2.75, 3.05) is 12.0 Å². The fourth-order valence-electron chi connectivity index (χ4n) is 2.41. The number of hydrogen-bond donors (Lipinski definition) is 2. The average molecular weight is 397 g/mol. The molecule has 0 aliphatic rings. The summed E-state index contributed by atoms with van der Waals surface area (Å²) in [5, 5.41) is 9.00. The Morgan fingerprint density at radius 2 is 1.62 bits per heavy atom. The second-order valence-corrected chi connectivity index (χ2v) is 7.50. The number of nitrogens with zero attached hydrogens (tertiary/aromatic N) is 2. The third-order valence-corrected chi connectivity index (χ3v) is 5.29. The molecule has 9 heteroatoms. The van der Waals surface area contributed by atoms with Gasteiger partial charge in [-0.05, 0) is 36.6 Å². The molecule has 0 bridgehead atoms. The van der Waals surface area contributed by atoms with Crippen LogP contribution in [0.4, 0.5) is 17.1 Å². The number of nitrogens with two attached hydrogens (primary N) is 1. The van der Waals surface area contributed by atoms with Crippen LogP contribution in [0.2, 0.25) is 0 Å². The van der Waals surface area contributed by atoms with Gasteiger partial charge in [0.05, 0.1) is 11.4 Å². The fourth-order valence-corrected chi connectivity index (χ4v) is 3.53. The van der Waals surface area contributed by atoms with E-state index in [1.54, 1.807) is 48.2 Å². The Kier molecular flexibility index (Phi) is 6.84. The van der Waals surface area contributed by atoms with Gasteiger partial charge in [0.25, 0.3) is 10.1 Å². The van der Waals surface area contributed by atoms with Gasteiger partial charge in [-0.1, -0.05) is 24.3 Å². The zero-order valence-corrected chi connectivity index (χ0v) is 14.9. The number of hydrogen-bond acceptors (Lipinski definition) is 6. The first-order chi connectivity index (χ1) is 11.9. The molecule has 0 saturated heterocycles. The first kappa shape index (κ1) is 20.9. The first-order valence-electron chi connectivity index (χ1n) is 7.24. The van der Waals surface area contributed by atoms with Gasteiger partial charge in [-0.3, -0.25) is 4.55 Å². The van der Waals surface area contributed by atoms with Gasteiger partial charge in [-0.25, -0.2) is 0 Å². The maximum absolute atomic E-state index is 11.7. The molecule has 0 aromatic heterocycles. The molecule has 26 heavy (non-hydrogen) atoms. The molecule has 0 aliphatic heterocycles. The Hall–Kier alpha value is -1.42. The Bertz CT molecular complexity index is 1070. The van der Waals surface area contributed by atoms with Crippen molar-refractivity contribution in [1.82, 2.24) is 0 Å². The molecule has 0 saturated carbocycles. The van der Waals surface area contributed by atoms with Crippen LogP contribution in [-0.2, 0) is 10.1 Å². The Balaban J connectivity index is 0.00000243.